The predicted octanol–water partition coefficient (Wildman–Crippen LogP) is 1.76. The lowest BCUT2D eigenvalue weighted by atomic mass is 10.2. The molecule has 14 heavy (non-hydrogen) atoms. The normalized spacial score (nSPS) is 13.1. The lowest BCUT2D eigenvalue weighted by Crippen LogP contribution is -2.31. The van der Waals surface area contributed by atoms with Crippen molar-refractivity contribution in [3.05, 3.63) is 0 Å². The Morgan fingerprint density at radius 2 is 2.07 bits per heavy atom. The molecule has 3 heteroatoms. The molecule has 0 aromatic rings. The van der Waals surface area contributed by atoms with Crippen LogP contribution in [0.4, 0.5) is 0 Å². The lowest BCUT2D eigenvalue weighted by molar-refractivity contribution is -0.167. The maximum Gasteiger partial charge on any atom is 0.335 e. The van der Waals surface area contributed by atoms with Gasteiger partial charge in [0.25, 0.3) is 0 Å². The molecule has 0 fully saturated rings. The first-order valence-electron chi connectivity index (χ1n) is 4.65. The highest BCUT2D eigenvalue weighted by atomic mass is 16.6. The SMILES string of the molecule is C#CCCOC(C)C(=O)OC(C)(C)C. The van der Waals surface area contributed by atoms with Gasteiger partial charge in [-0.3, -0.25) is 0 Å². The third-order valence-electron chi connectivity index (χ3n) is 1.35. The highest BCUT2D eigenvalue weighted by molar-refractivity contribution is 5.74. The Morgan fingerprint density at radius 1 is 1.50 bits per heavy atom. The summed E-state index contributed by atoms with van der Waals surface area (Å²) in [7, 11) is 0. The third-order valence-corrected chi connectivity index (χ3v) is 1.35. The standard InChI is InChI=1S/C11H18O3/c1-6-7-8-13-9(2)10(12)14-11(3,4)5/h1,9H,7-8H2,2-5H3. The first kappa shape index (κ1) is 13.0. The van der Waals surface area contributed by atoms with E-state index in [1.807, 2.05) is 20.8 Å². The molecule has 0 aliphatic rings. The van der Waals surface area contributed by atoms with Crippen LogP contribution in [-0.4, -0.2) is 24.3 Å². The first-order valence-corrected chi connectivity index (χ1v) is 4.65. The molecule has 0 aliphatic carbocycles. The monoisotopic (exact) mass is 198 g/mol. The molecular weight excluding hydrogens is 180 g/mol. The summed E-state index contributed by atoms with van der Waals surface area (Å²) in [6, 6.07) is 0. The van der Waals surface area contributed by atoms with E-state index in [1.54, 1.807) is 6.92 Å². The largest absolute Gasteiger partial charge is 0.458 e. The summed E-state index contributed by atoms with van der Waals surface area (Å²) in [6.07, 6.45) is 5.00. The molecule has 3 nitrogen and oxygen atoms in total. The molecule has 0 aliphatic heterocycles. The zero-order valence-corrected chi connectivity index (χ0v) is 9.29. The van der Waals surface area contributed by atoms with Gasteiger partial charge in [-0.15, -0.1) is 12.3 Å². The second-order valence-corrected chi connectivity index (χ2v) is 4.00. The smallest absolute Gasteiger partial charge is 0.335 e. The van der Waals surface area contributed by atoms with Crippen LogP contribution in [0.5, 0.6) is 0 Å². The quantitative estimate of drug-likeness (QED) is 0.392. The van der Waals surface area contributed by atoms with Crippen LogP contribution in [0, 0.1) is 12.3 Å². The summed E-state index contributed by atoms with van der Waals surface area (Å²) >= 11 is 0. The minimum atomic E-state index is -0.553. The number of terminal acetylenes is 1. The number of hydrogen-bond acceptors (Lipinski definition) is 3. The number of hydrogen-bond donors (Lipinski definition) is 0. The van der Waals surface area contributed by atoms with E-state index in [0.29, 0.717) is 13.0 Å². The van der Waals surface area contributed by atoms with E-state index in [2.05, 4.69) is 5.92 Å². The van der Waals surface area contributed by atoms with Crippen LogP contribution in [0.3, 0.4) is 0 Å². The van der Waals surface area contributed by atoms with Crippen LogP contribution in [0.1, 0.15) is 34.1 Å². The molecule has 0 spiro atoms. The van der Waals surface area contributed by atoms with E-state index in [4.69, 9.17) is 15.9 Å². The average molecular weight is 198 g/mol. The van der Waals surface area contributed by atoms with Gasteiger partial charge in [0.15, 0.2) is 6.10 Å². The Kier molecular flexibility index (Phi) is 5.26. The minimum absolute atomic E-state index is 0.352. The molecular formula is C11H18O3. The van der Waals surface area contributed by atoms with Crippen molar-refractivity contribution in [2.75, 3.05) is 6.61 Å². The van der Waals surface area contributed by atoms with Crippen molar-refractivity contribution in [3.8, 4) is 12.3 Å². The van der Waals surface area contributed by atoms with Gasteiger partial charge in [-0.25, -0.2) is 4.79 Å². The van der Waals surface area contributed by atoms with Crippen LogP contribution in [0.2, 0.25) is 0 Å². The fourth-order valence-electron chi connectivity index (χ4n) is 0.747. The van der Waals surface area contributed by atoms with Crippen molar-refractivity contribution in [2.24, 2.45) is 0 Å². The summed E-state index contributed by atoms with van der Waals surface area (Å²) in [5.41, 5.74) is -0.471. The van der Waals surface area contributed by atoms with Gasteiger partial charge in [0.05, 0.1) is 6.61 Å². The van der Waals surface area contributed by atoms with Gasteiger partial charge in [0.1, 0.15) is 5.60 Å². The molecule has 0 saturated carbocycles. The van der Waals surface area contributed by atoms with Gasteiger partial charge in [-0.2, -0.15) is 0 Å². The van der Waals surface area contributed by atoms with Crippen LogP contribution in [0.25, 0.3) is 0 Å². The van der Waals surface area contributed by atoms with E-state index in [1.165, 1.54) is 0 Å². The van der Waals surface area contributed by atoms with E-state index in [0.717, 1.165) is 0 Å². The maximum absolute atomic E-state index is 11.4. The highest BCUT2D eigenvalue weighted by Crippen LogP contribution is 2.09. The zero-order chi connectivity index (χ0) is 11.2. The Morgan fingerprint density at radius 3 is 2.50 bits per heavy atom. The molecule has 0 bridgehead atoms. The maximum atomic E-state index is 11.4. The van der Waals surface area contributed by atoms with Crippen LogP contribution >= 0.6 is 0 Å². The molecule has 0 amide bonds. The number of esters is 1. The van der Waals surface area contributed by atoms with Crippen molar-refractivity contribution in [1.29, 1.82) is 0 Å². The summed E-state index contributed by atoms with van der Waals surface area (Å²) in [6.45, 7) is 7.50. The molecule has 1 unspecified atom stereocenters. The molecule has 80 valence electrons. The second-order valence-electron chi connectivity index (χ2n) is 4.00. The molecule has 0 heterocycles. The van der Waals surface area contributed by atoms with Crippen molar-refractivity contribution in [1.82, 2.24) is 0 Å². The highest BCUT2D eigenvalue weighted by Gasteiger charge is 2.21. The Balaban J connectivity index is 3.84. The van der Waals surface area contributed by atoms with Gasteiger partial charge < -0.3 is 9.47 Å². The fraction of sp³-hybridized carbons (Fsp3) is 0.727. The molecule has 0 saturated heterocycles. The Hall–Kier alpha value is -1.01. The van der Waals surface area contributed by atoms with Gasteiger partial charge >= 0.3 is 5.97 Å². The second kappa shape index (κ2) is 5.66. The number of carbonyl (C=O) groups is 1. The van der Waals surface area contributed by atoms with Crippen molar-refractivity contribution in [3.63, 3.8) is 0 Å². The molecule has 0 aromatic carbocycles. The predicted molar refractivity (Wildman–Crippen MR) is 54.7 cm³/mol. The van der Waals surface area contributed by atoms with Crippen LogP contribution in [-0.2, 0) is 14.3 Å². The first-order chi connectivity index (χ1) is 6.37. The van der Waals surface area contributed by atoms with Gasteiger partial charge in [-0.1, -0.05) is 0 Å². The fourth-order valence-corrected chi connectivity index (χ4v) is 0.747. The third kappa shape index (κ3) is 6.50. The van der Waals surface area contributed by atoms with Crippen LogP contribution < -0.4 is 0 Å². The molecule has 0 radical (unpaired) electrons. The molecule has 0 N–H and O–H groups in total. The van der Waals surface area contributed by atoms with Gasteiger partial charge in [0.2, 0.25) is 0 Å². The minimum Gasteiger partial charge on any atom is -0.458 e. The Labute approximate surface area is 85.8 Å². The van der Waals surface area contributed by atoms with Crippen molar-refractivity contribution < 1.29 is 14.3 Å². The number of ether oxygens (including phenoxy) is 2. The van der Waals surface area contributed by atoms with Crippen molar-refractivity contribution >= 4 is 5.97 Å². The number of rotatable bonds is 4. The zero-order valence-electron chi connectivity index (χ0n) is 9.29. The van der Waals surface area contributed by atoms with E-state index < -0.39 is 11.7 Å². The van der Waals surface area contributed by atoms with Crippen LogP contribution in [0.15, 0.2) is 0 Å². The average Bonchev–Trinajstić information content (AvgIpc) is 2.01. The van der Waals surface area contributed by atoms with E-state index >= 15 is 0 Å². The summed E-state index contributed by atoms with van der Waals surface area (Å²) < 4.78 is 10.3. The molecule has 1 atom stereocenters. The van der Waals surface area contributed by atoms with E-state index in [9.17, 15) is 4.79 Å². The molecule has 0 rings (SSSR count). The Bertz CT molecular complexity index is 220. The molecule has 0 aromatic heterocycles. The lowest BCUT2D eigenvalue weighted by Gasteiger charge is -2.22. The van der Waals surface area contributed by atoms with Gasteiger partial charge in [0, 0.05) is 6.42 Å². The summed E-state index contributed by atoms with van der Waals surface area (Å²) in [5, 5.41) is 0. The summed E-state index contributed by atoms with van der Waals surface area (Å²) in [4.78, 5) is 11.4. The number of carbonyl (C=O) groups excluding carboxylic acids is 1. The summed E-state index contributed by atoms with van der Waals surface area (Å²) in [5.74, 6) is 2.08. The van der Waals surface area contributed by atoms with Crippen molar-refractivity contribution in [2.45, 2.75) is 45.8 Å². The van der Waals surface area contributed by atoms with E-state index in [-0.39, 0.29) is 5.97 Å². The topological polar surface area (TPSA) is 35.5 Å². The van der Waals surface area contributed by atoms with Gasteiger partial charge in [-0.05, 0) is 27.7 Å².